The van der Waals surface area contributed by atoms with Crippen LogP contribution in [-0.2, 0) is 0 Å². The molecule has 16 heavy (non-hydrogen) atoms. The second-order valence-corrected chi connectivity index (χ2v) is 4.72. The molecule has 0 radical (unpaired) electrons. The highest BCUT2D eigenvalue weighted by Gasteiger charge is 2.16. The molecule has 86 valence electrons. The van der Waals surface area contributed by atoms with Gasteiger partial charge in [0, 0.05) is 18.8 Å². The van der Waals surface area contributed by atoms with E-state index in [1.54, 1.807) is 0 Å². The first-order valence-electron chi connectivity index (χ1n) is 6.05. The standard InChI is InChI=1S/C14H20N2/c1-4-13-5-6-14(15-12(13)3)16-9-7-11(2)8-10-16/h4-6,11H,1,7-10H2,2-3H3. The van der Waals surface area contributed by atoms with Gasteiger partial charge in [-0.3, -0.25) is 0 Å². The van der Waals surface area contributed by atoms with Gasteiger partial charge in [0.15, 0.2) is 0 Å². The third-order valence-electron chi connectivity index (χ3n) is 3.44. The van der Waals surface area contributed by atoms with Crippen LogP contribution in [0.4, 0.5) is 5.82 Å². The predicted octanol–water partition coefficient (Wildman–Crippen LogP) is 3.27. The SMILES string of the molecule is C=Cc1ccc(N2CCC(C)CC2)nc1C. The summed E-state index contributed by atoms with van der Waals surface area (Å²) in [7, 11) is 0. The van der Waals surface area contributed by atoms with Gasteiger partial charge in [-0.1, -0.05) is 19.6 Å². The summed E-state index contributed by atoms with van der Waals surface area (Å²) in [5, 5.41) is 0. The zero-order valence-corrected chi connectivity index (χ0v) is 10.2. The van der Waals surface area contributed by atoms with Gasteiger partial charge >= 0.3 is 0 Å². The lowest BCUT2D eigenvalue weighted by Gasteiger charge is -2.31. The zero-order valence-electron chi connectivity index (χ0n) is 10.2. The highest BCUT2D eigenvalue weighted by Crippen LogP contribution is 2.22. The summed E-state index contributed by atoms with van der Waals surface area (Å²) in [5.74, 6) is 1.99. The molecule has 1 saturated heterocycles. The summed E-state index contributed by atoms with van der Waals surface area (Å²) >= 11 is 0. The van der Waals surface area contributed by atoms with Crippen molar-refractivity contribution in [3.8, 4) is 0 Å². The largest absolute Gasteiger partial charge is 0.357 e. The maximum absolute atomic E-state index is 4.65. The van der Waals surface area contributed by atoms with E-state index in [0.29, 0.717) is 0 Å². The highest BCUT2D eigenvalue weighted by molar-refractivity contribution is 5.53. The Morgan fingerprint density at radius 1 is 1.38 bits per heavy atom. The predicted molar refractivity (Wildman–Crippen MR) is 69.7 cm³/mol. The lowest BCUT2D eigenvalue weighted by atomic mass is 9.99. The quantitative estimate of drug-likeness (QED) is 0.754. The van der Waals surface area contributed by atoms with Crippen molar-refractivity contribution in [2.24, 2.45) is 5.92 Å². The summed E-state index contributed by atoms with van der Waals surface area (Å²) in [6.45, 7) is 10.4. The Morgan fingerprint density at radius 2 is 2.06 bits per heavy atom. The molecule has 0 atom stereocenters. The van der Waals surface area contributed by atoms with Gasteiger partial charge < -0.3 is 4.90 Å². The number of aromatic nitrogens is 1. The van der Waals surface area contributed by atoms with Gasteiger partial charge in [0.05, 0.1) is 0 Å². The third-order valence-corrected chi connectivity index (χ3v) is 3.44. The molecule has 1 aliphatic rings. The number of hydrogen-bond donors (Lipinski definition) is 0. The van der Waals surface area contributed by atoms with Gasteiger partial charge in [-0.15, -0.1) is 0 Å². The van der Waals surface area contributed by atoms with Crippen molar-refractivity contribution in [2.75, 3.05) is 18.0 Å². The number of aryl methyl sites for hydroxylation is 1. The van der Waals surface area contributed by atoms with Crippen LogP contribution in [-0.4, -0.2) is 18.1 Å². The maximum atomic E-state index is 4.65. The fraction of sp³-hybridized carbons (Fsp3) is 0.500. The van der Waals surface area contributed by atoms with Crippen LogP contribution in [0.5, 0.6) is 0 Å². The Kier molecular flexibility index (Phi) is 3.28. The molecule has 2 nitrogen and oxygen atoms in total. The normalized spacial score (nSPS) is 17.5. The summed E-state index contributed by atoms with van der Waals surface area (Å²) in [5.41, 5.74) is 2.21. The van der Waals surface area contributed by atoms with Gasteiger partial charge in [-0.05, 0) is 43.4 Å². The third kappa shape index (κ3) is 2.26. The van der Waals surface area contributed by atoms with E-state index < -0.39 is 0 Å². The van der Waals surface area contributed by atoms with Crippen LogP contribution in [0.1, 0.15) is 31.0 Å². The molecule has 2 heterocycles. The minimum Gasteiger partial charge on any atom is -0.357 e. The lowest BCUT2D eigenvalue weighted by molar-refractivity contribution is 0.436. The molecular weight excluding hydrogens is 196 g/mol. The van der Waals surface area contributed by atoms with Gasteiger partial charge in [-0.2, -0.15) is 0 Å². The van der Waals surface area contributed by atoms with E-state index in [1.807, 2.05) is 13.0 Å². The van der Waals surface area contributed by atoms with Crippen molar-refractivity contribution in [1.82, 2.24) is 4.98 Å². The fourth-order valence-corrected chi connectivity index (χ4v) is 2.19. The molecule has 1 aliphatic heterocycles. The minimum atomic E-state index is 0.866. The average Bonchev–Trinajstić information content (AvgIpc) is 2.30. The molecule has 0 unspecified atom stereocenters. The average molecular weight is 216 g/mol. The van der Waals surface area contributed by atoms with Crippen molar-refractivity contribution < 1.29 is 0 Å². The zero-order chi connectivity index (χ0) is 11.5. The Morgan fingerprint density at radius 3 is 2.62 bits per heavy atom. The monoisotopic (exact) mass is 216 g/mol. The van der Waals surface area contributed by atoms with Gasteiger partial charge in [0.2, 0.25) is 0 Å². The molecule has 0 amide bonds. The summed E-state index contributed by atoms with van der Waals surface area (Å²) < 4.78 is 0. The second-order valence-electron chi connectivity index (χ2n) is 4.72. The Bertz CT molecular complexity index is 376. The van der Waals surface area contributed by atoms with E-state index in [9.17, 15) is 0 Å². The smallest absolute Gasteiger partial charge is 0.128 e. The minimum absolute atomic E-state index is 0.866. The second kappa shape index (κ2) is 4.69. The number of rotatable bonds is 2. The number of anilines is 1. The summed E-state index contributed by atoms with van der Waals surface area (Å²) in [6, 6.07) is 4.22. The van der Waals surface area contributed by atoms with Crippen LogP contribution in [0.2, 0.25) is 0 Å². The first kappa shape index (κ1) is 11.2. The van der Waals surface area contributed by atoms with Crippen LogP contribution >= 0.6 is 0 Å². The molecule has 1 aromatic heterocycles. The Labute approximate surface area is 98.0 Å². The van der Waals surface area contributed by atoms with Crippen molar-refractivity contribution in [3.63, 3.8) is 0 Å². The van der Waals surface area contributed by atoms with E-state index in [-0.39, 0.29) is 0 Å². The highest BCUT2D eigenvalue weighted by atomic mass is 15.2. The van der Waals surface area contributed by atoms with Crippen molar-refractivity contribution in [3.05, 3.63) is 30.0 Å². The van der Waals surface area contributed by atoms with Gasteiger partial charge in [0.25, 0.3) is 0 Å². The molecule has 2 rings (SSSR count). The number of nitrogens with zero attached hydrogens (tertiary/aromatic N) is 2. The number of hydrogen-bond acceptors (Lipinski definition) is 2. The molecule has 1 fully saturated rings. The topological polar surface area (TPSA) is 16.1 Å². The van der Waals surface area contributed by atoms with Gasteiger partial charge in [-0.25, -0.2) is 4.98 Å². The summed E-state index contributed by atoms with van der Waals surface area (Å²) in [6.07, 6.45) is 4.43. The van der Waals surface area contributed by atoms with Crippen molar-refractivity contribution in [2.45, 2.75) is 26.7 Å². The van der Waals surface area contributed by atoms with Crippen LogP contribution in [0.3, 0.4) is 0 Å². The van der Waals surface area contributed by atoms with E-state index in [1.165, 1.54) is 12.8 Å². The van der Waals surface area contributed by atoms with E-state index in [4.69, 9.17) is 0 Å². The molecule has 0 saturated carbocycles. The molecule has 0 aliphatic carbocycles. The number of piperidine rings is 1. The molecule has 1 aromatic rings. The van der Waals surface area contributed by atoms with Crippen LogP contribution < -0.4 is 4.90 Å². The fourth-order valence-electron chi connectivity index (χ4n) is 2.19. The molecule has 0 aromatic carbocycles. The number of pyridine rings is 1. The lowest BCUT2D eigenvalue weighted by Crippen LogP contribution is -2.33. The van der Waals surface area contributed by atoms with Crippen LogP contribution in [0, 0.1) is 12.8 Å². The van der Waals surface area contributed by atoms with Crippen molar-refractivity contribution in [1.29, 1.82) is 0 Å². The van der Waals surface area contributed by atoms with Crippen molar-refractivity contribution >= 4 is 11.9 Å². The maximum Gasteiger partial charge on any atom is 0.128 e. The molecule has 0 spiro atoms. The Balaban J connectivity index is 2.15. The first-order chi connectivity index (χ1) is 7.70. The first-order valence-corrected chi connectivity index (χ1v) is 6.05. The van der Waals surface area contributed by atoms with E-state index in [0.717, 1.165) is 36.1 Å². The Hall–Kier alpha value is -1.31. The molecular formula is C14H20N2. The van der Waals surface area contributed by atoms with E-state index in [2.05, 4.69) is 35.5 Å². The van der Waals surface area contributed by atoms with Gasteiger partial charge in [0.1, 0.15) is 5.82 Å². The molecule has 2 heteroatoms. The van der Waals surface area contributed by atoms with Crippen LogP contribution in [0.25, 0.3) is 6.08 Å². The van der Waals surface area contributed by atoms with E-state index >= 15 is 0 Å². The molecule has 0 N–H and O–H groups in total. The molecule has 0 bridgehead atoms. The van der Waals surface area contributed by atoms with Crippen LogP contribution in [0.15, 0.2) is 18.7 Å². The summed E-state index contributed by atoms with van der Waals surface area (Å²) in [4.78, 5) is 7.04.